The topological polar surface area (TPSA) is 43.2 Å². The third-order valence-electron chi connectivity index (χ3n) is 3.39. The second-order valence-corrected chi connectivity index (χ2v) is 4.84. The number of aromatic nitrogens is 3. The molecular weight excluding hydrogens is 240 g/mol. The van der Waals surface area contributed by atoms with Crippen LogP contribution in [0, 0.1) is 0 Å². The Balaban J connectivity index is 1.80. The molecule has 2 heterocycles. The Kier molecular flexibility index (Phi) is 3.46. The zero-order chi connectivity index (χ0) is 13.1. The number of fused-ring (bicyclic) bond motifs is 1. The van der Waals surface area contributed by atoms with E-state index in [-0.39, 0.29) is 0 Å². The van der Waals surface area contributed by atoms with Gasteiger partial charge in [-0.15, -0.1) is 10.2 Å². The number of hydrogen-bond acceptors (Lipinski definition) is 4. The molecule has 0 aliphatic carbocycles. The number of unbranched alkanes of at least 4 members (excludes halogenated alkanes) is 1. The maximum Gasteiger partial charge on any atom is 0.142 e. The second kappa shape index (κ2) is 5.40. The van der Waals surface area contributed by atoms with Crippen LogP contribution in [0.15, 0.2) is 30.9 Å². The Morgan fingerprint density at radius 1 is 1.26 bits per heavy atom. The zero-order valence-corrected chi connectivity index (χ0v) is 11.1. The quantitative estimate of drug-likeness (QED) is 0.843. The van der Waals surface area contributed by atoms with Crippen molar-refractivity contribution in [3.05, 3.63) is 36.4 Å². The van der Waals surface area contributed by atoms with Crippen LogP contribution >= 0.6 is 0 Å². The molecule has 0 unspecified atom stereocenters. The highest BCUT2D eigenvalue weighted by Crippen LogP contribution is 2.27. The van der Waals surface area contributed by atoms with Gasteiger partial charge in [0, 0.05) is 24.3 Å². The van der Waals surface area contributed by atoms with Crippen molar-refractivity contribution >= 4 is 0 Å². The Morgan fingerprint density at radius 2 is 2.11 bits per heavy atom. The molecule has 0 saturated heterocycles. The minimum atomic E-state index is 0.693. The summed E-state index contributed by atoms with van der Waals surface area (Å²) in [4.78, 5) is 2.34. The largest absolute Gasteiger partial charge is 0.478 e. The highest BCUT2D eigenvalue weighted by atomic mass is 16.5. The van der Waals surface area contributed by atoms with Gasteiger partial charge in [-0.25, -0.2) is 0 Å². The Morgan fingerprint density at radius 3 is 2.89 bits per heavy atom. The molecule has 1 aromatic heterocycles. The van der Waals surface area contributed by atoms with E-state index in [1.807, 2.05) is 16.7 Å². The zero-order valence-electron chi connectivity index (χ0n) is 11.1. The van der Waals surface area contributed by atoms with Gasteiger partial charge in [-0.05, 0) is 24.6 Å². The summed E-state index contributed by atoms with van der Waals surface area (Å²) in [5.74, 6) is 0.990. The average molecular weight is 258 g/mol. The SMILES string of the molecule is CCCCN1COc2ccc(-n3cnnc3)cc2C1. The maximum absolute atomic E-state index is 5.79. The van der Waals surface area contributed by atoms with E-state index in [0.717, 1.165) is 24.5 Å². The summed E-state index contributed by atoms with van der Waals surface area (Å²) in [7, 11) is 0. The molecular formula is C14H18N4O. The summed E-state index contributed by atoms with van der Waals surface area (Å²) >= 11 is 0. The first kappa shape index (κ1) is 12.2. The molecule has 5 heteroatoms. The summed E-state index contributed by atoms with van der Waals surface area (Å²) < 4.78 is 7.70. The number of rotatable bonds is 4. The molecule has 2 aromatic rings. The molecule has 1 aliphatic heterocycles. The van der Waals surface area contributed by atoms with Crippen molar-refractivity contribution in [1.29, 1.82) is 0 Å². The average Bonchev–Trinajstić information content (AvgIpc) is 2.98. The van der Waals surface area contributed by atoms with Crippen LogP contribution in [0.1, 0.15) is 25.3 Å². The molecule has 0 N–H and O–H groups in total. The van der Waals surface area contributed by atoms with Crippen molar-refractivity contribution in [2.75, 3.05) is 13.3 Å². The van der Waals surface area contributed by atoms with Crippen LogP contribution in [-0.2, 0) is 6.54 Å². The van der Waals surface area contributed by atoms with Crippen molar-refractivity contribution in [1.82, 2.24) is 19.7 Å². The van der Waals surface area contributed by atoms with Crippen LogP contribution in [-0.4, -0.2) is 32.9 Å². The first-order chi connectivity index (χ1) is 9.36. The standard InChI is InChI=1S/C14H18N4O/c1-2-3-6-17-8-12-7-13(18-9-15-16-10-18)4-5-14(12)19-11-17/h4-5,7,9-10H,2-3,6,8,11H2,1H3. The van der Waals surface area contributed by atoms with E-state index in [9.17, 15) is 0 Å². The van der Waals surface area contributed by atoms with Crippen LogP contribution in [0.25, 0.3) is 5.69 Å². The number of ether oxygens (including phenoxy) is 1. The van der Waals surface area contributed by atoms with E-state index >= 15 is 0 Å². The van der Waals surface area contributed by atoms with Gasteiger partial charge in [0.15, 0.2) is 0 Å². The fourth-order valence-electron chi connectivity index (χ4n) is 2.30. The minimum Gasteiger partial charge on any atom is -0.478 e. The summed E-state index contributed by atoms with van der Waals surface area (Å²) in [6, 6.07) is 6.21. The van der Waals surface area contributed by atoms with Crippen molar-refractivity contribution in [2.45, 2.75) is 26.3 Å². The van der Waals surface area contributed by atoms with Gasteiger partial charge in [0.05, 0.1) is 0 Å². The van der Waals surface area contributed by atoms with E-state index < -0.39 is 0 Å². The molecule has 100 valence electrons. The van der Waals surface area contributed by atoms with Gasteiger partial charge in [-0.1, -0.05) is 13.3 Å². The molecule has 0 spiro atoms. The van der Waals surface area contributed by atoms with Gasteiger partial charge in [0.25, 0.3) is 0 Å². The lowest BCUT2D eigenvalue weighted by molar-refractivity contribution is 0.0941. The Hall–Kier alpha value is -1.88. The van der Waals surface area contributed by atoms with Crippen molar-refractivity contribution in [3.63, 3.8) is 0 Å². The van der Waals surface area contributed by atoms with Crippen LogP contribution < -0.4 is 4.74 Å². The first-order valence-electron chi connectivity index (χ1n) is 6.70. The molecule has 0 amide bonds. The Labute approximate surface area is 112 Å². The smallest absolute Gasteiger partial charge is 0.142 e. The summed E-state index contributed by atoms with van der Waals surface area (Å²) in [5, 5.41) is 7.67. The minimum absolute atomic E-state index is 0.693. The number of benzene rings is 1. The first-order valence-corrected chi connectivity index (χ1v) is 6.70. The van der Waals surface area contributed by atoms with Crippen LogP contribution in [0.3, 0.4) is 0 Å². The highest BCUT2D eigenvalue weighted by molar-refractivity contribution is 5.44. The fourth-order valence-corrected chi connectivity index (χ4v) is 2.30. The van der Waals surface area contributed by atoms with Crippen LogP contribution in [0.4, 0.5) is 0 Å². The second-order valence-electron chi connectivity index (χ2n) is 4.84. The molecule has 0 atom stereocenters. The Bertz CT molecular complexity index is 538. The van der Waals surface area contributed by atoms with Gasteiger partial charge >= 0.3 is 0 Å². The molecule has 19 heavy (non-hydrogen) atoms. The van der Waals surface area contributed by atoms with Gasteiger partial charge in [0.2, 0.25) is 0 Å². The lowest BCUT2D eigenvalue weighted by atomic mass is 10.1. The van der Waals surface area contributed by atoms with Gasteiger partial charge in [0.1, 0.15) is 25.1 Å². The predicted molar refractivity (Wildman–Crippen MR) is 72.2 cm³/mol. The van der Waals surface area contributed by atoms with E-state index in [1.165, 1.54) is 18.4 Å². The monoisotopic (exact) mass is 258 g/mol. The molecule has 3 rings (SSSR count). The van der Waals surface area contributed by atoms with E-state index in [4.69, 9.17) is 4.74 Å². The molecule has 0 bridgehead atoms. The normalized spacial score (nSPS) is 15.0. The molecule has 1 aromatic carbocycles. The van der Waals surface area contributed by atoms with Gasteiger partial charge in [-0.2, -0.15) is 0 Å². The molecule has 5 nitrogen and oxygen atoms in total. The molecule has 0 radical (unpaired) electrons. The fraction of sp³-hybridized carbons (Fsp3) is 0.429. The highest BCUT2D eigenvalue weighted by Gasteiger charge is 2.17. The van der Waals surface area contributed by atoms with Gasteiger partial charge < -0.3 is 4.74 Å². The van der Waals surface area contributed by atoms with E-state index in [2.05, 4.69) is 28.1 Å². The van der Waals surface area contributed by atoms with Crippen LogP contribution in [0.2, 0.25) is 0 Å². The maximum atomic E-state index is 5.79. The summed E-state index contributed by atoms with van der Waals surface area (Å²) in [6.45, 7) is 4.94. The third kappa shape index (κ3) is 2.61. The van der Waals surface area contributed by atoms with E-state index in [1.54, 1.807) is 12.7 Å². The molecule has 0 fully saturated rings. The van der Waals surface area contributed by atoms with Crippen LogP contribution in [0.5, 0.6) is 5.75 Å². The third-order valence-corrected chi connectivity index (χ3v) is 3.39. The molecule has 0 saturated carbocycles. The van der Waals surface area contributed by atoms with Gasteiger partial charge in [-0.3, -0.25) is 9.47 Å². The van der Waals surface area contributed by atoms with Crippen molar-refractivity contribution in [3.8, 4) is 11.4 Å². The number of hydrogen-bond donors (Lipinski definition) is 0. The van der Waals surface area contributed by atoms with E-state index in [0.29, 0.717) is 6.73 Å². The van der Waals surface area contributed by atoms with Crippen molar-refractivity contribution < 1.29 is 4.74 Å². The lowest BCUT2D eigenvalue weighted by Crippen LogP contribution is -2.32. The summed E-state index contributed by atoms with van der Waals surface area (Å²) in [6.07, 6.45) is 5.84. The van der Waals surface area contributed by atoms with Crippen molar-refractivity contribution in [2.24, 2.45) is 0 Å². The summed E-state index contributed by atoms with van der Waals surface area (Å²) in [5.41, 5.74) is 2.30. The number of nitrogens with zero attached hydrogens (tertiary/aromatic N) is 4. The predicted octanol–water partition coefficient (Wildman–Crippen LogP) is 2.22. The lowest BCUT2D eigenvalue weighted by Gasteiger charge is -2.29. The molecule has 1 aliphatic rings.